The number of rotatable bonds is 12. The molecule has 4 aromatic carbocycles. The predicted octanol–water partition coefficient (Wildman–Crippen LogP) is 7.52. The zero-order valence-electron chi connectivity index (χ0n) is 25.5. The molecule has 1 aliphatic rings. The van der Waals surface area contributed by atoms with E-state index in [-0.39, 0.29) is 5.92 Å². The molecule has 0 saturated carbocycles. The lowest BCUT2D eigenvalue weighted by atomic mass is 9.73. The maximum atomic E-state index is 12.9. The minimum absolute atomic E-state index is 0.113. The van der Waals surface area contributed by atoms with E-state index in [1.54, 1.807) is 0 Å². The molecule has 0 bridgehead atoms. The molecular weight excluding hydrogens is 516 g/mol. The van der Waals surface area contributed by atoms with E-state index >= 15 is 0 Å². The molecule has 4 heteroatoms. The predicted molar refractivity (Wildman–Crippen MR) is 175 cm³/mol. The number of hydrogen-bond donors (Lipinski definition) is 1. The highest BCUT2D eigenvalue weighted by Crippen LogP contribution is 2.41. The number of nitrogens with zero attached hydrogens (tertiary/aromatic N) is 2. The van der Waals surface area contributed by atoms with Crippen molar-refractivity contribution in [3.8, 4) is 5.75 Å². The first kappa shape index (κ1) is 29.9. The standard InChI is InChI=1S/C38H46N2O2/c1-4-5-26-42-35-20-18-34(19-21-35)38(41,28-32-12-8-6-9-13-32)36(33-14-10-7-11-15-33)29-39-22-24-40(25-23-39)37-27-30(2)16-17-31(37)3/h6-21,27,36,41H,4-5,22-26,28-29H2,1-3H3/t36-,38-/m0/s1. The first-order chi connectivity index (χ1) is 20.5. The molecule has 1 N–H and O–H groups in total. The van der Waals surface area contributed by atoms with E-state index in [4.69, 9.17) is 4.74 Å². The average molecular weight is 563 g/mol. The number of benzene rings is 4. The Bertz CT molecular complexity index is 1380. The largest absolute Gasteiger partial charge is 0.494 e. The summed E-state index contributed by atoms with van der Waals surface area (Å²) in [5.74, 6) is 0.742. The van der Waals surface area contributed by atoms with Crippen LogP contribution in [-0.4, -0.2) is 49.3 Å². The molecule has 1 saturated heterocycles. The second kappa shape index (κ2) is 14.0. The van der Waals surface area contributed by atoms with Gasteiger partial charge in [0.15, 0.2) is 0 Å². The van der Waals surface area contributed by atoms with E-state index in [9.17, 15) is 5.11 Å². The lowest BCUT2D eigenvalue weighted by Crippen LogP contribution is -2.50. The van der Waals surface area contributed by atoms with Gasteiger partial charge in [-0.05, 0) is 66.3 Å². The van der Waals surface area contributed by atoms with E-state index < -0.39 is 5.60 Å². The summed E-state index contributed by atoms with van der Waals surface area (Å²) >= 11 is 0. The SMILES string of the molecule is CCCCOc1ccc([C@@](O)(Cc2ccccc2)[C@@H](CN2CCN(c3cc(C)ccc3C)CC2)c2ccccc2)cc1. The fourth-order valence-electron chi connectivity index (χ4n) is 6.21. The van der Waals surface area contributed by atoms with Crippen molar-refractivity contribution in [1.29, 1.82) is 0 Å². The third-order valence-corrected chi connectivity index (χ3v) is 8.73. The van der Waals surface area contributed by atoms with Crippen LogP contribution in [0.4, 0.5) is 5.69 Å². The number of aliphatic hydroxyl groups is 1. The van der Waals surface area contributed by atoms with Crippen LogP contribution >= 0.6 is 0 Å². The number of unbranched alkanes of at least 4 members (excludes halogenated alkanes) is 1. The molecule has 0 unspecified atom stereocenters. The van der Waals surface area contributed by atoms with Crippen molar-refractivity contribution in [2.75, 3.05) is 44.2 Å². The van der Waals surface area contributed by atoms with Gasteiger partial charge < -0.3 is 14.7 Å². The quantitative estimate of drug-likeness (QED) is 0.181. The molecule has 4 nitrogen and oxygen atoms in total. The van der Waals surface area contributed by atoms with Crippen LogP contribution in [-0.2, 0) is 12.0 Å². The van der Waals surface area contributed by atoms with Crippen LogP contribution < -0.4 is 9.64 Å². The lowest BCUT2D eigenvalue weighted by molar-refractivity contribution is -0.00554. The highest BCUT2D eigenvalue weighted by atomic mass is 16.5. The van der Waals surface area contributed by atoms with Crippen molar-refractivity contribution in [2.24, 2.45) is 0 Å². The Kier molecular flexibility index (Phi) is 9.99. The molecule has 2 atom stereocenters. The second-order valence-electron chi connectivity index (χ2n) is 11.9. The summed E-state index contributed by atoms with van der Waals surface area (Å²) in [7, 11) is 0. The Labute approximate surface area is 252 Å². The fourth-order valence-corrected chi connectivity index (χ4v) is 6.21. The summed E-state index contributed by atoms with van der Waals surface area (Å²) in [6, 6.07) is 35.9. The van der Waals surface area contributed by atoms with Crippen molar-refractivity contribution in [3.05, 3.63) is 131 Å². The zero-order valence-corrected chi connectivity index (χ0v) is 25.5. The zero-order chi connectivity index (χ0) is 29.4. The van der Waals surface area contributed by atoms with Crippen molar-refractivity contribution in [1.82, 2.24) is 4.90 Å². The van der Waals surface area contributed by atoms with Crippen molar-refractivity contribution in [3.63, 3.8) is 0 Å². The molecule has 0 aliphatic carbocycles. The summed E-state index contributed by atoms with van der Waals surface area (Å²) in [5.41, 5.74) is 6.09. The van der Waals surface area contributed by atoms with E-state index in [0.29, 0.717) is 13.0 Å². The van der Waals surface area contributed by atoms with Crippen molar-refractivity contribution < 1.29 is 9.84 Å². The molecule has 0 spiro atoms. The smallest absolute Gasteiger partial charge is 0.119 e. The lowest BCUT2D eigenvalue weighted by Gasteiger charge is -2.43. The summed E-state index contributed by atoms with van der Waals surface area (Å²) in [4.78, 5) is 5.06. The van der Waals surface area contributed by atoms with E-state index in [0.717, 1.165) is 68.0 Å². The average Bonchev–Trinajstić information content (AvgIpc) is 3.02. The van der Waals surface area contributed by atoms with E-state index in [1.165, 1.54) is 16.8 Å². The van der Waals surface area contributed by atoms with Crippen LogP contribution in [0.3, 0.4) is 0 Å². The van der Waals surface area contributed by atoms with Gasteiger partial charge in [0.25, 0.3) is 0 Å². The Hall–Kier alpha value is -3.60. The van der Waals surface area contributed by atoms with Gasteiger partial charge in [0.05, 0.1) is 6.61 Å². The maximum absolute atomic E-state index is 12.9. The van der Waals surface area contributed by atoms with Crippen LogP contribution in [0.15, 0.2) is 103 Å². The van der Waals surface area contributed by atoms with Gasteiger partial charge in [0.1, 0.15) is 11.4 Å². The summed E-state index contributed by atoms with van der Waals surface area (Å²) in [6.07, 6.45) is 2.67. The topological polar surface area (TPSA) is 35.9 Å². The summed E-state index contributed by atoms with van der Waals surface area (Å²) in [5, 5.41) is 12.9. The monoisotopic (exact) mass is 562 g/mol. The number of anilines is 1. The van der Waals surface area contributed by atoms with Gasteiger partial charge in [0, 0.05) is 50.7 Å². The molecule has 42 heavy (non-hydrogen) atoms. The normalized spacial score (nSPS) is 16.1. The van der Waals surface area contributed by atoms with Crippen LogP contribution in [0.25, 0.3) is 0 Å². The summed E-state index contributed by atoms with van der Waals surface area (Å²) in [6.45, 7) is 11.9. The molecule has 220 valence electrons. The van der Waals surface area contributed by atoms with Crippen molar-refractivity contribution >= 4 is 5.69 Å². The van der Waals surface area contributed by atoms with E-state index in [2.05, 4.69) is 116 Å². The molecular formula is C38H46N2O2. The highest BCUT2D eigenvalue weighted by Gasteiger charge is 2.41. The third-order valence-electron chi connectivity index (χ3n) is 8.73. The number of hydrogen-bond acceptors (Lipinski definition) is 4. The van der Waals surface area contributed by atoms with Gasteiger partial charge in [-0.15, -0.1) is 0 Å². The molecule has 0 radical (unpaired) electrons. The van der Waals surface area contributed by atoms with Gasteiger partial charge in [-0.2, -0.15) is 0 Å². The van der Waals surface area contributed by atoms with Gasteiger partial charge >= 0.3 is 0 Å². The minimum atomic E-state index is -1.10. The highest BCUT2D eigenvalue weighted by molar-refractivity contribution is 5.55. The third kappa shape index (κ3) is 7.24. The van der Waals surface area contributed by atoms with Gasteiger partial charge in [0.2, 0.25) is 0 Å². The Morgan fingerprint density at radius 1 is 0.810 bits per heavy atom. The van der Waals surface area contributed by atoms with Crippen LogP contribution in [0.1, 0.15) is 53.5 Å². The molecule has 0 amide bonds. The Morgan fingerprint density at radius 2 is 1.48 bits per heavy atom. The van der Waals surface area contributed by atoms with Crippen LogP contribution in [0.5, 0.6) is 5.75 Å². The Balaban J connectivity index is 1.43. The molecule has 4 aromatic rings. The first-order valence-electron chi connectivity index (χ1n) is 15.6. The molecule has 1 fully saturated rings. The minimum Gasteiger partial charge on any atom is -0.494 e. The summed E-state index contributed by atoms with van der Waals surface area (Å²) < 4.78 is 5.97. The van der Waals surface area contributed by atoms with Crippen LogP contribution in [0.2, 0.25) is 0 Å². The number of aryl methyl sites for hydroxylation is 2. The number of piperazine rings is 1. The van der Waals surface area contributed by atoms with Crippen molar-refractivity contribution in [2.45, 2.75) is 51.6 Å². The maximum Gasteiger partial charge on any atom is 0.119 e. The van der Waals surface area contributed by atoms with Crippen LogP contribution in [0, 0.1) is 13.8 Å². The van der Waals surface area contributed by atoms with Gasteiger partial charge in [-0.3, -0.25) is 4.90 Å². The molecule has 0 aromatic heterocycles. The Morgan fingerprint density at radius 3 is 2.14 bits per heavy atom. The van der Waals surface area contributed by atoms with Gasteiger partial charge in [-0.1, -0.05) is 98.3 Å². The molecule has 1 heterocycles. The number of ether oxygens (including phenoxy) is 1. The fraction of sp³-hybridized carbons (Fsp3) is 0.368. The second-order valence-corrected chi connectivity index (χ2v) is 11.9. The molecule has 5 rings (SSSR count). The van der Waals surface area contributed by atoms with E-state index in [1.807, 2.05) is 18.2 Å². The van der Waals surface area contributed by atoms with Gasteiger partial charge in [-0.25, -0.2) is 0 Å². The first-order valence-corrected chi connectivity index (χ1v) is 15.6. The molecule has 1 aliphatic heterocycles.